The first-order valence-electron chi connectivity index (χ1n) is 10.4. The second-order valence-corrected chi connectivity index (χ2v) is 7.88. The number of hydrogen-bond donors (Lipinski definition) is 1. The fourth-order valence-corrected chi connectivity index (χ4v) is 4.88. The van der Waals surface area contributed by atoms with Gasteiger partial charge in [0.1, 0.15) is 17.1 Å². The summed E-state index contributed by atoms with van der Waals surface area (Å²) in [6, 6.07) is 8.68. The number of aromatic amines is 1. The van der Waals surface area contributed by atoms with Gasteiger partial charge >= 0.3 is 1.41 Å². The quantitative estimate of drug-likeness (QED) is 0.708. The lowest BCUT2D eigenvalue weighted by molar-refractivity contribution is -0.612. The van der Waals surface area contributed by atoms with Crippen molar-refractivity contribution < 1.29 is 5.98 Å². The number of nitrogens with zero attached hydrogens (tertiary/aromatic N) is 1. The molecule has 0 saturated heterocycles. The molecule has 0 bridgehead atoms. The summed E-state index contributed by atoms with van der Waals surface area (Å²) in [5.41, 5.74) is 5.15. The number of rotatable bonds is 3. The summed E-state index contributed by atoms with van der Waals surface area (Å²) in [5.74, 6) is 2.33. The van der Waals surface area contributed by atoms with Gasteiger partial charge in [-0.05, 0) is 44.2 Å². The fraction of sp³-hybridized carbons (Fsp3) is 0.591. The second kappa shape index (κ2) is 6.74. The van der Waals surface area contributed by atoms with Gasteiger partial charge in [0.2, 0.25) is 0 Å². The van der Waals surface area contributed by atoms with Crippen LogP contribution < -0.4 is 4.57 Å². The SMILES string of the molecule is [2H]n1c(C2CCCC2)c(C)[n+](-c2ccccc2C)c1C1CCCCC1. The number of benzene rings is 1. The Bertz CT molecular complexity index is 750. The molecule has 2 nitrogen and oxygen atoms in total. The van der Waals surface area contributed by atoms with Gasteiger partial charge in [-0.15, -0.1) is 0 Å². The van der Waals surface area contributed by atoms with Crippen molar-refractivity contribution >= 4 is 0 Å². The van der Waals surface area contributed by atoms with Gasteiger partial charge in [-0.2, -0.15) is 4.57 Å². The van der Waals surface area contributed by atoms with Crippen LogP contribution in [0.3, 0.4) is 0 Å². The number of aryl methyl sites for hydroxylation is 1. The van der Waals surface area contributed by atoms with Crippen molar-refractivity contribution in [3.05, 3.63) is 47.0 Å². The molecule has 1 aromatic heterocycles. The Morgan fingerprint density at radius 1 is 0.917 bits per heavy atom. The molecule has 0 amide bonds. The van der Waals surface area contributed by atoms with Crippen LogP contribution in [0.2, 0.25) is 1.41 Å². The zero-order valence-corrected chi connectivity index (χ0v) is 15.2. The van der Waals surface area contributed by atoms with Gasteiger partial charge < -0.3 is 0 Å². The molecule has 2 heteroatoms. The lowest BCUT2D eigenvalue weighted by Gasteiger charge is -2.18. The van der Waals surface area contributed by atoms with Crippen molar-refractivity contribution in [2.75, 3.05) is 0 Å². The number of para-hydroxylation sites is 1. The van der Waals surface area contributed by atoms with E-state index in [1.807, 2.05) is 4.98 Å². The molecule has 2 aliphatic rings. The van der Waals surface area contributed by atoms with Crippen LogP contribution in [0.5, 0.6) is 0 Å². The molecule has 128 valence electrons. The third-order valence-electron chi connectivity index (χ3n) is 6.24. The molecule has 0 spiro atoms. The molecule has 4 rings (SSSR count). The zero-order chi connectivity index (χ0) is 17.4. The highest BCUT2D eigenvalue weighted by molar-refractivity contribution is 5.34. The number of imidazole rings is 1. The molecule has 0 aliphatic heterocycles. The van der Waals surface area contributed by atoms with E-state index in [1.54, 1.807) is 0 Å². The summed E-state index contributed by atoms with van der Waals surface area (Å²) in [6.07, 6.45) is 11.6. The van der Waals surface area contributed by atoms with Gasteiger partial charge in [0.25, 0.3) is 5.82 Å². The molecule has 2 saturated carbocycles. The highest BCUT2D eigenvalue weighted by Gasteiger charge is 2.34. The summed E-state index contributed by atoms with van der Waals surface area (Å²) in [7, 11) is 0. The minimum atomic E-state index is 0.528. The number of nitrogens with one attached hydrogen (secondary N) is 1. The van der Waals surface area contributed by atoms with Crippen molar-refractivity contribution in [2.24, 2.45) is 0 Å². The number of hydrogen-bond acceptors (Lipinski definition) is 0. The smallest absolute Gasteiger partial charge is 0.244 e. The fourth-order valence-electron chi connectivity index (χ4n) is 4.88. The monoisotopic (exact) mass is 324 g/mol. The molecule has 2 aliphatic carbocycles. The summed E-state index contributed by atoms with van der Waals surface area (Å²) < 4.78 is 11.5. The van der Waals surface area contributed by atoms with Gasteiger partial charge in [-0.25, -0.2) is 4.98 Å². The van der Waals surface area contributed by atoms with Crippen LogP contribution in [-0.4, -0.2) is 4.98 Å². The van der Waals surface area contributed by atoms with Crippen LogP contribution in [0.4, 0.5) is 0 Å². The van der Waals surface area contributed by atoms with Gasteiger partial charge in [-0.1, -0.05) is 50.3 Å². The number of H-pyrrole nitrogens is 1. The predicted octanol–water partition coefficient (Wildman–Crippen LogP) is 5.61. The van der Waals surface area contributed by atoms with Crippen LogP contribution in [0.1, 0.15) is 92.4 Å². The van der Waals surface area contributed by atoms with Gasteiger partial charge in [0.05, 0.1) is 5.92 Å². The van der Waals surface area contributed by atoms with Crippen LogP contribution in [0.25, 0.3) is 5.69 Å². The summed E-state index contributed by atoms with van der Waals surface area (Å²) in [5, 5.41) is 0. The van der Waals surface area contributed by atoms with Crippen LogP contribution >= 0.6 is 0 Å². The minimum Gasteiger partial charge on any atom is -0.244 e. The summed E-state index contributed by atoms with van der Waals surface area (Å²) in [4.78, 5) is 1.85. The molecule has 1 aromatic carbocycles. The topological polar surface area (TPSA) is 19.7 Å². The Hall–Kier alpha value is -1.57. The minimum absolute atomic E-state index is 0.528. The first-order chi connectivity index (χ1) is 12.2. The lowest BCUT2D eigenvalue weighted by Crippen LogP contribution is -2.39. The van der Waals surface area contributed by atoms with Crippen molar-refractivity contribution in [3.63, 3.8) is 0 Å². The van der Waals surface area contributed by atoms with Crippen molar-refractivity contribution in [1.29, 1.82) is 0 Å². The molecule has 2 fully saturated rings. The Morgan fingerprint density at radius 3 is 2.25 bits per heavy atom. The average molecular weight is 325 g/mol. The Kier molecular flexibility index (Phi) is 4.14. The number of aromatic nitrogens is 2. The molecule has 2 aromatic rings. The van der Waals surface area contributed by atoms with Crippen LogP contribution in [0, 0.1) is 13.8 Å². The van der Waals surface area contributed by atoms with Crippen LogP contribution in [0.15, 0.2) is 24.3 Å². The molecule has 24 heavy (non-hydrogen) atoms. The molecule has 0 atom stereocenters. The molecule has 1 heterocycles. The first-order valence-corrected chi connectivity index (χ1v) is 9.91. The Labute approximate surface area is 147 Å². The highest BCUT2D eigenvalue weighted by Crippen LogP contribution is 2.37. The van der Waals surface area contributed by atoms with Gasteiger partial charge in [0.15, 0.2) is 0 Å². The van der Waals surface area contributed by atoms with Crippen molar-refractivity contribution in [2.45, 2.75) is 83.5 Å². The van der Waals surface area contributed by atoms with E-state index in [-0.39, 0.29) is 0 Å². The van der Waals surface area contributed by atoms with E-state index in [9.17, 15) is 0 Å². The van der Waals surface area contributed by atoms with E-state index in [4.69, 9.17) is 1.41 Å². The summed E-state index contributed by atoms with van der Waals surface area (Å²) >= 11 is 0. The zero-order valence-electron chi connectivity index (χ0n) is 16.2. The molecule has 0 unspecified atom stereocenters. The first kappa shape index (κ1) is 14.7. The van der Waals surface area contributed by atoms with E-state index in [0.717, 1.165) is 0 Å². The standard InChI is InChI=1S/C22H30N2/c1-16-10-6-9-15-20(16)24-17(2)21(18-11-7-8-12-18)23-22(24)19-13-4-3-5-14-19/h6,9-10,15,18-19H,3-5,7-8,11-14H2,1-2H3/p+1/i/hD. The van der Waals surface area contributed by atoms with Crippen molar-refractivity contribution in [3.8, 4) is 5.69 Å². The third kappa shape index (κ3) is 2.81. The Balaban J connectivity index is 1.90. The Morgan fingerprint density at radius 2 is 1.54 bits per heavy atom. The maximum atomic E-state index is 9.03. The highest BCUT2D eigenvalue weighted by atomic mass is 15.1. The van der Waals surface area contributed by atoms with Crippen molar-refractivity contribution in [1.82, 2.24) is 4.98 Å². The largest absolute Gasteiger partial charge is 0.312 e. The summed E-state index contributed by atoms with van der Waals surface area (Å²) in [6.45, 7) is 4.44. The second-order valence-electron chi connectivity index (χ2n) is 7.88. The lowest BCUT2D eigenvalue weighted by atomic mass is 9.88. The van der Waals surface area contributed by atoms with E-state index in [1.165, 1.54) is 86.3 Å². The molecule has 1 N–H and O–H groups in total. The maximum absolute atomic E-state index is 9.03. The van der Waals surface area contributed by atoms with E-state index in [0.29, 0.717) is 11.8 Å². The van der Waals surface area contributed by atoms with Gasteiger partial charge in [-0.3, -0.25) is 0 Å². The molecule has 0 radical (unpaired) electrons. The maximum Gasteiger partial charge on any atom is 0.312 e. The molecular weight excluding hydrogens is 292 g/mol. The third-order valence-corrected chi connectivity index (χ3v) is 6.24. The normalized spacial score (nSPS) is 20.5. The average Bonchev–Trinajstić information content (AvgIpc) is 3.23. The van der Waals surface area contributed by atoms with E-state index < -0.39 is 0 Å². The van der Waals surface area contributed by atoms with Gasteiger partial charge in [0, 0.05) is 12.8 Å². The van der Waals surface area contributed by atoms with E-state index >= 15 is 0 Å². The van der Waals surface area contributed by atoms with Crippen LogP contribution in [-0.2, 0) is 0 Å². The van der Waals surface area contributed by atoms with E-state index in [2.05, 4.69) is 42.7 Å². The molecular formula is C22H31N2+. The predicted molar refractivity (Wildman–Crippen MR) is 98.8 cm³/mol.